The van der Waals surface area contributed by atoms with Gasteiger partial charge in [0.05, 0.1) is 31.7 Å². The fourth-order valence-electron chi connectivity index (χ4n) is 1.70. The van der Waals surface area contributed by atoms with Gasteiger partial charge >= 0.3 is 13.8 Å². The third-order valence-electron chi connectivity index (χ3n) is 2.50. The normalized spacial score (nSPS) is 18.2. The Morgan fingerprint density at radius 3 is 2.17 bits per heavy atom. The SMILES string of the molecule is C=COC1=C(OC=C)[C@@H]([C@H](CO)OP(=O)(OC=C)OC=C)OC1=O. The zero-order chi connectivity index (χ0) is 18.2. The lowest BCUT2D eigenvalue weighted by Gasteiger charge is -2.24. The maximum Gasteiger partial charge on any atom is 0.586 e. The van der Waals surface area contributed by atoms with E-state index in [2.05, 4.69) is 35.4 Å². The summed E-state index contributed by atoms with van der Waals surface area (Å²) in [4.78, 5) is 11.8. The summed E-state index contributed by atoms with van der Waals surface area (Å²) in [7, 11) is -4.20. The molecule has 0 spiro atoms. The zero-order valence-electron chi connectivity index (χ0n) is 12.7. The quantitative estimate of drug-likeness (QED) is 0.318. The topological polar surface area (TPSA) is 110 Å². The average molecular weight is 360 g/mol. The van der Waals surface area contributed by atoms with Gasteiger partial charge in [-0.2, -0.15) is 0 Å². The van der Waals surface area contributed by atoms with Crippen LogP contribution < -0.4 is 0 Å². The molecule has 1 heterocycles. The summed E-state index contributed by atoms with van der Waals surface area (Å²) in [5.74, 6) is -1.37. The first-order valence-electron chi connectivity index (χ1n) is 6.44. The van der Waals surface area contributed by atoms with Gasteiger partial charge < -0.3 is 28.4 Å². The summed E-state index contributed by atoms with van der Waals surface area (Å²) >= 11 is 0. The van der Waals surface area contributed by atoms with E-state index in [1.165, 1.54) is 0 Å². The van der Waals surface area contributed by atoms with Crippen molar-refractivity contribution in [3.8, 4) is 0 Å². The van der Waals surface area contributed by atoms with E-state index in [-0.39, 0.29) is 11.5 Å². The average Bonchev–Trinajstić information content (AvgIpc) is 2.83. The van der Waals surface area contributed by atoms with E-state index < -0.39 is 32.6 Å². The van der Waals surface area contributed by atoms with Gasteiger partial charge in [-0.25, -0.2) is 9.36 Å². The highest BCUT2D eigenvalue weighted by atomic mass is 31.2. The molecule has 132 valence electrons. The number of aliphatic hydroxyl groups is 1. The Kier molecular flexibility index (Phi) is 7.31. The molecule has 1 aliphatic rings. The lowest BCUT2D eigenvalue weighted by Crippen LogP contribution is -2.34. The zero-order valence-corrected chi connectivity index (χ0v) is 13.6. The highest BCUT2D eigenvalue weighted by Gasteiger charge is 2.46. The van der Waals surface area contributed by atoms with Crippen LogP contribution in [0.3, 0.4) is 0 Å². The summed E-state index contributed by atoms with van der Waals surface area (Å²) in [6.45, 7) is 12.4. The van der Waals surface area contributed by atoms with Crippen molar-refractivity contribution in [2.75, 3.05) is 6.61 Å². The van der Waals surface area contributed by atoms with E-state index in [4.69, 9.17) is 18.7 Å². The highest BCUT2D eigenvalue weighted by molar-refractivity contribution is 7.48. The maximum atomic E-state index is 12.3. The number of ether oxygens (including phenoxy) is 3. The van der Waals surface area contributed by atoms with Crippen molar-refractivity contribution in [1.29, 1.82) is 0 Å². The number of rotatable bonds is 12. The van der Waals surface area contributed by atoms with Crippen molar-refractivity contribution in [2.24, 2.45) is 0 Å². The molecule has 0 fully saturated rings. The van der Waals surface area contributed by atoms with Gasteiger partial charge in [-0.3, -0.25) is 4.52 Å². The molecule has 0 amide bonds. The van der Waals surface area contributed by atoms with Gasteiger partial charge in [-0.05, 0) is 0 Å². The second kappa shape index (κ2) is 8.97. The number of hydrogen-bond acceptors (Lipinski definition) is 9. The van der Waals surface area contributed by atoms with Crippen molar-refractivity contribution in [3.63, 3.8) is 0 Å². The van der Waals surface area contributed by atoms with Crippen molar-refractivity contribution >= 4 is 13.8 Å². The van der Waals surface area contributed by atoms with E-state index in [1.54, 1.807) is 0 Å². The molecule has 0 aromatic rings. The fourth-order valence-corrected chi connectivity index (χ4v) is 2.73. The minimum atomic E-state index is -4.20. The number of carbonyl (C=O) groups is 1. The number of cyclic esters (lactones) is 1. The molecule has 24 heavy (non-hydrogen) atoms. The summed E-state index contributed by atoms with van der Waals surface area (Å²) < 4.78 is 41.8. The van der Waals surface area contributed by atoms with Crippen LogP contribution in [0.4, 0.5) is 0 Å². The Bertz CT molecular complexity index is 581. The van der Waals surface area contributed by atoms with E-state index in [0.29, 0.717) is 0 Å². The Hall–Kier alpha value is -2.48. The van der Waals surface area contributed by atoms with Gasteiger partial charge in [0.1, 0.15) is 6.10 Å². The molecule has 1 rings (SSSR count). The van der Waals surface area contributed by atoms with E-state index >= 15 is 0 Å². The van der Waals surface area contributed by atoms with Crippen LogP contribution in [0.5, 0.6) is 0 Å². The molecule has 0 radical (unpaired) electrons. The lowest BCUT2D eigenvalue weighted by molar-refractivity contribution is -0.147. The molecule has 0 saturated heterocycles. The molecule has 10 heteroatoms. The number of aliphatic hydroxyl groups excluding tert-OH is 1. The van der Waals surface area contributed by atoms with Crippen LogP contribution in [-0.4, -0.2) is 29.9 Å². The number of esters is 1. The molecule has 0 aromatic heterocycles. The molecule has 0 bridgehead atoms. The predicted molar refractivity (Wildman–Crippen MR) is 81.6 cm³/mol. The molecule has 9 nitrogen and oxygen atoms in total. The molecule has 0 unspecified atom stereocenters. The second-order valence-corrected chi connectivity index (χ2v) is 5.43. The number of phosphoric ester groups is 1. The Labute approximate surface area is 138 Å². The summed E-state index contributed by atoms with van der Waals surface area (Å²) in [6, 6.07) is 0. The minimum absolute atomic E-state index is 0.155. The van der Waals surface area contributed by atoms with Crippen LogP contribution in [0.1, 0.15) is 0 Å². The van der Waals surface area contributed by atoms with Crippen LogP contribution in [0.2, 0.25) is 0 Å². The van der Waals surface area contributed by atoms with Gasteiger partial charge in [-0.15, -0.1) is 0 Å². The maximum absolute atomic E-state index is 12.3. The molecule has 1 aliphatic heterocycles. The van der Waals surface area contributed by atoms with Gasteiger partial charge in [-0.1, -0.05) is 26.3 Å². The Balaban J connectivity index is 3.13. The molecular formula is C14H17O9P. The monoisotopic (exact) mass is 360 g/mol. The largest absolute Gasteiger partial charge is 0.586 e. The molecular weight excluding hydrogens is 343 g/mol. The second-order valence-electron chi connectivity index (χ2n) is 3.91. The number of carbonyl (C=O) groups excluding carboxylic acids is 1. The fraction of sp³-hybridized carbons (Fsp3) is 0.214. The summed E-state index contributed by atoms with van der Waals surface area (Å²) in [5.41, 5.74) is 0. The predicted octanol–water partition coefficient (Wildman–Crippen LogP) is 2.25. The summed E-state index contributed by atoms with van der Waals surface area (Å²) in [5, 5.41) is 9.51. The van der Waals surface area contributed by atoms with Gasteiger partial charge in [0.25, 0.3) is 5.76 Å². The lowest BCUT2D eigenvalue weighted by atomic mass is 10.2. The first-order valence-corrected chi connectivity index (χ1v) is 7.90. The third-order valence-corrected chi connectivity index (χ3v) is 3.85. The van der Waals surface area contributed by atoms with Crippen LogP contribution in [0.15, 0.2) is 62.9 Å². The van der Waals surface area contributed by atoms with Crippen LogP contribution >= 0.6 is 7.82 Å². The molecule has 2 atom stereocenters. The number of phosphoric acid groups is 1. The Morgan fingerprint density at radius 1 is 1.12 bits per heavy atom. The molecule has 1 N–H and O–H groups in total. The Morgan fingerprint density at radius 2 is 1.71 bits per heavy atom. The van der Waals surface area contributed by atoms with Gasteiger partial charge in [0.2, 0.25) is 0 Å². The molecule has 0 aromatic carbocycles. The third kappa shape index (κ3) is 4.51. The first-order chi connectivity index (χ1) is 11.5. The van der Waals surface area contributed by atoms with Crippen molar-refractivity contribution in [3.05, 3.63) is 62.9 Å². The molecule has 0 saturated carbocycles. The van der Waals surface area contributed by atoms with E-state index in [0.717, 1.165) is 25.0 Å². The van der Waals surface area contributed by atoms with Gasteiger partial charge in [0.15, 0.2) is 11.9 Å². The number of hydrogen-bond donors (Lipinski definition) is 1. The van der Waals surface area contributed by atoms with Gasteiger partial charge in [0, 0.05) is 0 Å². The smallest absolute Gasteiger partial charge is 0.462 e. The van der Waals surface area contributed by atoms with Crippen molar-refractivity contribution < 1.29 is 42.2 Å². The van der Waals surface area contributed by atoms with Crippen LogP contribution in [0.25, 0.3) is 0 Å². The van der Waals surface area contributed by atoms with E-state index in [9.17, 15) is 14.5 Å². The van der Waals surface area contributed by atoms with Crippen LogP contribution in [-0.2, 0) is 37.1 Å². The minimum Gasteiger partial charge on any atom is -0.462 e. The molecule has 0 aliphatic carbocycles. The van der Waals surface area contributed by atoms with E-state index in [1.807, 2.05) is 0 Å². The highest BCUT2D eigenvalue weighted by Crippen LogP contribution is 2.52. The first kappa shape index (κ1) is 19.6. The van der Waals surface area contributed by atoms with Crippen molar-refractivity contribution in [2.45, 2.75) is 12.2 Å². The summed E-state index contributed by atoms with van der Waals surface area (Å²) in [6.07, 6.45) is 0.953. The van der Waals surface area contributed by atoms with Crippen molar-refractivity contribution in [1.82, 2.24) is 0 Å². The standard InChI is InChI=1S/C14H17O9P/c1-5-18-12-11(22-14(16)13(12)19-6-2)10(9-15)23-24(17,20-7-3)21-8-4/h5-8,10-11,15H,1-4,9H2/t10-,11+/m0/s1. The van der Waals surface area contributed by atoms with Crippen LogP contribution in [0, 0.1) is 0 Å².